The number of benzene rings is 1. The molecule has 2 rings (SSSR count). The second-order valence-electron chi connectivity index (χ2n) is 5.79. The normalized spacial score (nSPS) is 21.2. The van der Waals surface area contributed by atoms with E-state index in [2.05, 4.69) is 24.5 Å². The summed E-state index contributed by atoms with van der Waals surface area (Å²) in [6.07, 6.45) is 0.855. The summed E-state index contributed by atoms with van der Waals surface area (Å²) < 4.78 is 0. The summed E-state index contributed by atoms with van der Waals surface area (Å²) in [6.45, 7) is 5.89. The first kappa shape index (κ1) is 14.5. The van der Waals surface area contributed by atoms with Gasteiger partial charge in [0, 0.05) is 30.3 Å². The first-order valence-corrected chi connectivity index (χ1v) is 6.66. The van der Waals surface area contributed by atoms with Crippen LogP contribution in [0.2, 0.25) is 0 Å². The number of carbonyl (C=O) groups is 1. The summed E-state index contributed by atoms with van der Waals surface area (Å²) in [4.78, 5) is 22.5. The maximum atomic E-state index is 12.2. The molecule has 1 heterocycles. The molecular formula is C14H19N3O3. The number of carbonyl (C=O) groups excluding carboxylic acids is 1. The topological polar surface area (TPSA) is 84.3 Å². The average Bonchev–Trinajstić information content (AvgIpc) is 2.41. The maximum absolute atomic E-state index is 12.2. The summed E-state index contributed by atoms with van der Waals surface area (Å²) in [5.41, 5.74) is 0.227. The zero-order chi connectivity index (χ0) is 14.8. The Kier molecular flexibility index (Phi) is 4.04. The fraction of sp³-hybridized carbons (Fsp3) is 0.500. The Morgan fingerprint density at radius 1 is 1.50 bits per heavy atom. The number of amides is 1. The molecule has 1 atom stereocenters. The smallest absolute Gasteiger partial charge is 0.270 e. The van der Waals surface area contributed by atoms with Gasteiger partial charge in [0.25, 0.3) is 11.6 Å². The van der Waals surface area contributed by atoms with E-state index in [-0.39, 0.29) is 23.1 Å². The van der Waals surface area contributed by atoms with Gasteiger partial charge in [-0.1, -0.05) is 19.9 Å². The molecule has 108 valence electrons. The number of nitrogens with one attached hydrogen (secondary N) is 2. The van der Waals surface area contributed by atoms with Crippen molar-refractivity contribution in [3.8, 4) is 0 Å². The number of nitrogens with zero attached hydrogens (tertiary/aromatic N) is 1. The highest BCUT2D eigenvalue weighted by atomic mass is 16.6. The summed E-state index contributed by atoms with van der Waals surface area (Å²) in [7, 11) is 0. The molecule has 6 heteroatoms. The van der Waals surface area contributed by atoms with Crippen LogP contribution >= 0.6 is 0 Å². The van der Waals surface area contributed by atoms with Crippen molar-refractivity contribution >= 4 is 11.6 Å². The quantitative estimate of drug-likeness (QED) is 0.650. The minimum Gasteiger partial charge on any atom is -0.349 e. The SMILES string of the molecule is CC1(C)CNCCC1NC(=O)c1cccc([N+](=O)[O-])c1. The molecule has 1 aliphatic heterocycles. The van der Waals surface area contributed by atoms with Crippen LogP contribution in [0, 0.1) is 15.5 Å². The van der Waals surface area contributed by atoms with Crippen LogP contribution in [0.4, 0.5) is 5.69 Å². The molecule has 1 unspecified atom stereocenters. The summed E-state index contributed by atoms with van der Waals surface area (Å²) in [5, 5.41) is 17.0. The molecule has 1 aliphatic rings. The Morgan fingerprint density at radius 3 is 2.90 bits per heavy atom. The molecule has 6 nitrogen and oxygen atoms in total. The van der Waals surface area contributed by atoms with Gasteiger partial charge in [0.1, 0.15) is 0 Å². The molecule has 1 saturated heterocycles. The molecule has 0 spiro atoms. The van der Waals surface area contributed by atoms with Crippen LogP contribution in [0.3, 0.4) is 0 Å². The molecule has 1 aromatic carbocycles. The number of piperidine rings is 1. The van der Waals surface area contributed by atoms with Gasteiger partial charge >= 0.3 is 0 Å². The number of rotatable bonds is 3. The summed E-state index contributed by atoms with van der Waals surface area (Å²) >= 11 is 0. The first-order chi connectivity index (χ1) is 9.40. The van der Waals surface area contributed by atoms with Gasteiger partial charge in [-0.25, -0.2) is 0 Å². The first-order valence-electron chi connectivity index (χ1n) is 6.66. The lowest BCUT2D eigenvalue weighted by molar-refractivity contribution is -0.384. The number of non-ortho nitro benzene ring substituents is 1. The highest BCUT2D eigenvalue weighted by molar-refractivity contribution is 5.95. The van der Waals surface area contributed by atoms with Crippen LogP contribution in [0.1, 0.15) is 30.6 Å². The van der Waals surface area contributed by atoms with Crippen LogP contribution in [-0.2, 0) is 0 Å². The van der Waals surface area contributed by atoms with Crippen molar-refractivity contribution in [2.24, 2.45) is 5.41 Å². The number of nitro groups is 1. The molecule has 0 radical (unpaired) electrons. The van der Waals surface area contributed by atoms with E-state index >= 15 is 0 Å². The molecule has 2 N–H and O–H groups in total. The summed E-state index contributed by atoms with van der Waals surface area (Å²) in [5.74, 6) is -0.256. The zero-order valence-electron chi connectivity index (χ0n) is 11.7. The molecule has 1 aromatic rings. The second kappa shape index (κ2) is 5.58. The number of hydrogen-bond acceptors (Lipinski definition) is 4. The Bertz CT molecular complexity index is 528. The van der Waals surface area contributed by atoms with Gasteiger partial charge in [0.05, 0.1) is 4.92 Å². The van der Waals surface area contributed by atoms with Gasteiger partial charge in [0.2, 0.25) is 0 Å². The van der Waals surface area contributed by atoms with Gasteiger partial charge in [-0.15, -0.1) is 0 Å². The van der Waals surface area contributed by atoms with Crippen LogP contribution in [0.25, 0.3) is 0 Å². The Morgan fingerprint density at radius 2 is 2.25 bits per heavy atom. The molecule has 0 aromatic heterocycles. The third kappa shape index (κ3) is 3.14. The minimum atomic E-state index is -0.495. The molecule has 20 heavy (non-hydrogen) atoms. The van der Waals surface area contributed by atoms with E-state index in [0.29, 0.717) is 5.56 Å². The lowest BCUT2D eigenvalue weighted by Gasteiger charge is -2.39. The highest BCUT2D eigenvalue weighted by Gasteiger charge is 2.33. The van der Waals surface area contributed by atoms with Crippen molar-refractivity contribution in [1.29, 1.82) is 0 Å². The molecular weight excluding hydrogens is 258 g/mol. The Hall–Kier alpha value is -1.95. The van der Waals surface area contributed by atoms with E-state index in [1.807, 2.05) is 0 Å². The van der Waals surface area contributed by atoms with Crippen LogP contribution in [-0.4, -0.2) is 30.0 Å². The molecule has 0 aliphatic carbocycles. The molecule has 0 saturated carbocycles. The third-order valence-electron chi connectivity index (χ3n) is 3.76. The third-order valence-corrected chi connectivity index (χ3v) is 3.76. The highest BCUT2D eigenvalue weighted by Crippen LogP contribution is 2.25. The van der Waals surface area contributed by atoms with E-state index < -0.39 is 4.92 Å². The van der Waals surface area contributed by atoms with E-state index in [1.165, 1.54) is 18.2 Å². The Labute approximate surface area is 117 Å². The van der Waals surface area contributed by atoms with Gasteiger partial charge in [-0.3, -0.25) is 14.9 Å². The fourth-order valence-electron chi connectivity index (χ4n) is 2.44. The van der Waals surface area contributed by atoms with Gasteiger partial charge in [-0.05, 0) is 24.4 Å². The van der Waals surface area contributed by atoms with Gasteiger partial charge < -0.3 is 10.6 Å². The predicted octanol–water partition coefficient (Wildman–Crippen LogP) is 1.71. The molecule has 1 amide bonds. The summed E-state index contributed by atoms with van der Waals surface area (Å²) in [6, 6.07) is 5.88. The monoisotopic (exact) mass is 277 g/mol. The van der Waals surface area contributed by atoms with E-state index in [9.17, 15) is 14.9 Å². The predicted molar refractivity (Wildman–Crippen MR) is 75.6 cm³/mol. The minimum absolute atomic E-state index is 0.0331. The largest absolute Gasteiger partial charge is 0.349 e. The number of nitro benzene ring substituents is 1. The van der Waals surface area contributed by atoms with Crippen molar-refractivity contribution < 1.29 is 9.72 Å². The van der Waals surface area contributed by atoms with Crippen molar-refractivity contribution in [2.45, 2.75) is 26.3 Å². The average molecular weight is 277 g/mol. The lowest BCUT2D eigenvalue weighted by atomic mass is 9.80. The fourth-order valence-corrected chi connectivity index (χ4v) is 2.44. The lowest BCUT2D eigenvalue weighted by Crippen LogP contribution is -2.54. The zero-order valence-corrected chi connectivity index (χ0v) is 11.7. The standard InChI is InChI=1S/C14H19N3O3/c1-14(2)9-15-7-6-12(14)16-13(18)10-4-3-5-11(8-10)17(19)20/h3-5,8,12,15H,6-7,9H2,1-2H3,(H,16,18). The van der Waals surface area contributed by atoms with Crippen LogP contribution < -0.4 is 10.6 Å². The van der Waals surface area contributed by atoms with Crippen molar-refractivity contribution in [3.05, 3.63) is 39.9 Å². The van der Waals surface area contributed by atoms with Crippen molar-refractivity contribution in [1.82, 2.24) is 10.6 Å². The molecule has 0 bridgehead atoms. The maximum Gasteiger partial charge on any atom is 0.270 e. The van der Waals surface area contributed by atoms with Gasteiger partial charge in [0.15, 0.2) is 0 Å². The van der Waals surface area contributed by atoms with Crippen LogP contribution in [0.5, 0.6) is 0 Å². The van der Waals surface area contributed by atoms with E-state index in [4.69, 9.17) is 0 Å². The Balaban J connectivity index is 2.12. The van der Waals surface area contributed by atoms with E-state index in [1.54, 1.807) is 6.07 Å². The second-order valence-corrected chi connectivity index (χ2v) is 5.79. The van der Waals surface area contributed by atoms with Crippen LogP contribution in [0.15, 0.2) is 24.3 Å². The van der Waals surface area contributed by atoms with Crippen molar-refractivity contribution in [2.75, 3.05) is 13.1 Å². The number of hydrogen-bond donors (Lipinski definition) is 2. The van der Waals surface area contributed by atoms with Crippen molar-refractivity contribution in [3.63, 3.8) is 0 Å². The van der Waals surface area contributed by atoms with Gasteiger partial charge in [-0.2, -0.15) is 0 Å². The van der Waals surface area contributed by atoms with E-state index in [0.717, 1.165) is 19.5 Å². The molecule has 1 fully saturated rings.